The second-order valence-corrected chi connectivity index (χ2v) is 4.97. The van der Waals surface area contributed by atoms with Gasteiger partial charge in [0.05, 0.1) is 23.2 Å². The largest absolute Gasteiger partial charge is 0.467 e. The summed E-state index contributed by atoms with van der Waals surface area (Å²) in [7, 11) is 0. The third-order valence-electron chi connectivity index (χ3n) is 3.11. The van der Waals surface area contributed by atoms with Gasteiger partial charge in [-0.15, -0.1) is 0 Å². The molecule has 0 spiro atoms. The molecule has 2 aromatic rings. The van der Waals surface area contributed by atoms with Crippen molar-refractivity contribution < 1.29 is 4.42 Å². The van der Waals surface area contributed by atoms with E-state index >= 15 is 0 Å². The van der Waals surface area contributed by atoms with Gasteiger partial charge in [0.2, 0.25) is 0 Å². The minimum atomic E-state index is -0.0541. The smallest absolute Gasteiger partial charge is 0.129 e. The summed E-state index contributed by atoms with van der Waals surface area (Å²) in [6.07, 6.45) is 4.43. The number of hydrogen-bond acceptors (Lipinski definition) is 3. The third-order valence-corrected chi connectivity index (χ3v) is 3.41. The van der Waals surface area contributed by atoms with Crippen molar-refractivity contribution in [3.63, 3.8) is 0 Å². The Bertz CT molecular complexity index is 533. The maximum Gasteiger partial charge on any atom is 0.129 e. The van der Waals surface area contributed by atoms with E-state index in [-0.39, 0.29) is 6.04 Å². The molecule has 0 radical (unpaired) electrons. The van der Waals surface area contributed by atoms with Crippen molar-refractivity contribution in [3.8, 4) is 0 Å². The van der Waals surface area contributed by atoms with Gasteiger partial charge in [-0.2, -0.15) is 5.10 Å². The lowest BCUT2D eigenvalue weighted by Gasteiger charge is -2.19. The predicted octanol–water partition coefficient (Wildman–Crippen LogP) is 3.55. The molecule has 5 heteroatoms. The zero-order valence-corrected chi connectivity index (χ0v) is 12.4. The van der Waals surface area contributed by atoms with Gasteiger partial charge in [0.15, 0.2) is 0 Å². The van der Waals surface area contributed by atoms with Gasteiger partial charge in [-0.05, 0) is 31.5 Å². The van der Waals surface area contributed by atoms with Gasteiger partial charge in [-0.1, -0.05) is 25.4 Å². The van der Waals surface area contributed by atoms with Gasteiger partial charge < -0.3 is 9.73 Å². The molecule has 4 nitrogen and oxygen atoms in total. The van der Waals surface area contributed by atoms with E-state index in [9.17, 15) is 0 Å². The van der Waals surface area contributed by atoms with Gasteiger partial charge in [0.25, 0.3) is 0 Å². The number of aryl methyl sites for hydroxylation is 2. The van der Waals surface area contributed by atoms with Crippen molar-refractivity contribution in [1.29, 1.82) is 0 Å². The van der Waals surface area contributed by atoms with Crippen LogP contribution in [0.2, 0.25) is 5.02 Å². The zero-order chi connectivity index (χ0) is 13.8. The van der Waals surface area contributed by atoms with Crippen molar-refractivity contribution in [3.05, 3.63) is 40.6 Å². The minimum Gasteiger partial charge on any atom is -0.467 e. The number of furan rings is 1. The summed E-state index contributed by atoms with van der Waals surface area (Å²) in [5.41, 5.74) is 2.09. The molecule has 0 aliphatic rings. The van der Waals surface area contributed by atoms with Crippen LogP contribution < -0.4 is 5.32 Å². The Morgan fingerprint density at radius 2 is 2.26 bits per heavy atom. The highest BCUT2D eigenvalue weighted by molar-refractivity contribution is 6.31. The second kappa shape index (κ2) is 6.26. The van der Waals surface area contributed by atoms with Crippen LogP contribution in [0.5, 0.6) is 0 Å². The van der Waals surface area contributed by atoms with Crippen LogP contribution in [-0.2, 0) is 6.54 Å². The maximum absolute atomic E-state index is 6.32. The summed E-state index contributed by atoms with van der Waals surface area (Å²) in [5.74, 6) is 0.904. The summed E-state index contributed by atoms with van der Waals surface area (Å²) in [5, 5.41) is 8.46. The summed E-state index contributed by atoms with van der Waals surface area (Å²) in [6, 6.07) is 1.91. The van der Waals surface area contributed by atoms with E-state index in [0.29, 0.717) is 5.02 Å². The maximum atomic E-state index is 6.32. The van der Waals surface area contributed by atoms with Gasteiger partial charge in [0.1, 0.15) is 11.8 Å². The Balaban J connectivity index is 2.44. The first-order valence-corrected chi connectivity index (χ1v) is 7.05. The van der Waals surface area contributed by atoms with Crippen LogP contribution >= 0.6 is 11.6 Å². The van der Waals surface area contributed by atoms with Crippen LogP contribution in [0.1, 0.15) is 43.3 Å². The van der Waals surface area contributed by atoms with E-state index in [1.807, 2.05) is 17.7 Å². The summed E-state index contributed by atoms with van der Waals surface area (Å²) >= 11 is 6.32. The zero-order valence-electron chi connectivity index (χ0n) is 11.6. The Kier molecular flexibility index (Phi) is 4.66. The Morgan fingerprint density at radius 3 is 2.84 bits per heavy atom. The first-order chi connectivity index (χ1) is 9.19. The molecule has 1 N–H and O–H groups in total. The van der Waals surface area contributed by atoms with Crippen molar-refractivity contribution >= 4 is 11.6 Å². The topological polar surface area (TPSA) is 43.0 Å². The standard InChI is InChI=1S/C14H20ClN3O/c1-4-7-18-13(11(15)9-17-18)12(16-5-2)14-10(3)6-8-19-14/h6,8-9,12,16H,4-5,7H2,1-3H3. The molecule has 0 aliphatic carbocycles. The lowest BCUT2D eigenvalue weighted by molar-refractivity contribution is 0.426. The average Bonchev–Trinajstić information content (AvgIpc) is 2.95. The van der Waals surface area contributed by atoms with E-state index < -0.39 is 0 Å². The van der Waals surface area contributed by atoms with E-state index in [4.69, 9.17) is 16.0 Å². The lowest BCUT2D eigenvalue weighted by Crippen LogP contribution is -2.25. The first-order valence-electron chi connectivity index (χ1n) is 6.67. The summed E-state index contributed by atoms with van der Waals surface area (Å²) in [4.78, 5) is 0. The molecule has 0 fully saturated rings. The summed E-state index contributed by atoms with van der Waals surface area (Å²) in [6.45, 7) is 7.92. The lowest BCUT2D eigenvalue weighted by atomic mass is 10.1. The van der Waals surface area contributed by atoms with Crippen LogP contribution in [-0.4, -0.2) is 16.3 Å². The van der Waals surface area contributed by atoms with Crippen LogP contribution in [0.3, 0.4) is 0 Å². The number of halogens is 1. The fraction of sp³-hybridized carbons (Fsp3) is 0.500. The molecule has 0 aromatic carbocycles. The molecule has 104 valence electrons. The predicted molar refractivity (Wildman–Crippen MR) is 76.5 cm³/mol. The molecular formula is C14H20ClN3O. The second-order valence-electron chi connectivity index (χ2n) is 4.56. The fourth-order valence-corrected chi connectivity index (χ4v) is 2.50. The van der Waals surface area contributed by atoms with Crippen LogP contribution in [0.15, 0.2) is 22.9 Å². The quantitative estimate of drug-likeness (QED) is 0.880. The highest BCUT2D eigenvalue weighted by Gasteiger charge is 2.25. The Morgan fingerprint density at radius 1 is 1.47 bits per heavy atom. The molecule has 2 rings (SSSR count). The molecule has 0 aliphatic heterocycles. The number of nitrogens with one attached hydrogen (secondary N) is 1. The summed E-state index contributed by atoms with van der Waals surface area (Å²) < 4.78 is 7.58. The first kappa shape index (κ1) is 14.2. The number of aromatic nitrogens is 2. The minimum absolute atomic E-state index is 0.0541. The third kappa shape index (κ3) is 2.85. The molecule has 0 saturated heterocycles. The molecule has 2 heterocycles. The van der Waals surface area contributed by atoms with Crippen LogP contribution in [0.4, 0.5) is 0 Å². The van der Waals surface area contributed by atoms with Gasteiger partial charge >= 0.3 is 0 Å². The van der Waals surface area contributed by atoms with Gasteiger partial charge in [-0.25, -0.2) is 0 Å². The van der Waals surface area contributed by atoms with Crippen LogP contribution in [0, 0.1) is 6.92 Å². The molecule has 19 heavy (non-hydrogen) atoms. The highest BCUT2D eigenvalue weighted by Crippen LogP contribution is 2.30. The van der Waals surface area contributed by atoms with E-state index in [0.717, 1.165) is 36.5 Å². The van der Waals surface area contributed by atoms with E-state index in [1.165, 1.54) is 0 Å². The van der Waals surface area contributed by atoms with Crippen LogP contribution in [0.25, 0.3) is 0 Å². The van der Waals surface area contributed by atoms with Crippen molar-refractivity contribution in [2.24, 2.45) is 0 Å². The number of rotatable bonds is 6. The van der Waals surface area contributed by atoms with E-state index in [2.05, 4.69) is 24.3 Å². The molecular weight excluding hydrogens is 262 g/mol. The molecule has 0 bridgehead atoms. The SMILES string of the molecule is CCCn1ncc(Cl)c1C(NCC)c1occc1C. The van der Waals surface area contributed by atoms with Gasteiger partial charge in [-0.3, -0.25) is 4.68 Å². The Hall–Kier alpha value is -1.26. The fourth-order valence-electron chi connectivity index (χ4n) is 2.25. The normalized spacial score (nSPS) is 12.8. The average molecular weight is 282 g/mol. The molecule has 0 amide bonds. The number of hydrogen-bond donors (Lipinski definition) is 1. The molecule has 2 aromatic heterocycles. The van der Waals surface area contributed by atoms with Crippen molar-refractivity contribution in [2.45, 2.75) is 39.8 Å². The molecule has 1 unspecified atom stereocenters. The Labute approximate surface area is 118 Å². The number of nitrogens with zero attached hydrogens (tertiary/aromatic N) is 2. The molecule has 0 saturated carbocycles. The monoisotopic (exact) mass is 281 g/mol. The molecule has 1 atom stereocenters. The van der Waals surface area contributed by atoms with E-state index in [1.54, 1.807) is 12.5 Å². The van der Waals surface area contributed by atoms with Crippen molar-refractivity contribution in [2.75, 3.05) is 6.54 Å². The highest BCUT2D eigenvalue weighted by atomic mass is 35.5. The van der Waals surface area contributed by atoms with Crippen molar-refractivity contribution in [1.82, 2.24) is 15.1 Å². The van der Waals surface area contributed by atoms with Gasteiger partial charge in [0, 0.05) is 6.54 Å².